The molecule has 0 unspecified atom stereocenters. The van der Waals surface area contributed by atoms with E-state index in [2.05, 4.69) is 0 Å². The van der Waals surface area contributed by atoms with Crippen LogP contribution in [0.15, 0.2) is 53.4 Å². The second kappa shape index (κ2) is 5.26. The van der Waals surface area contributed by atoms with Crippen molar-refractivity contribution in [2.75, 3.05) is 0 Å². The van der Waals surface area contributed by atoms with Crippen LogP contribution in [0.4, 0.5) is 0 Å². The van der Waals surface area contributed by atoms with Gasteiger partial charge in [-0.1, -0.05) is 42.0 Å². The molecule has 3 rings (SSSR count). The SMILES string of the molecule is Cc1ccc(S(=O)(=O)O[C@@H]2Cc3ccccc3[C@@H]2O)cc1. The van der Waals surface area contributed by atoms with Crippen LogP contribution >= 0.6 is 0 Å². The Morgan fingerprint density at radius 2 is 1.76 bits per heavy atom. The topological polar surface area (TPSA) is 63.6 Å². The van der Waals surface area contributed by atoms with Gasteiger partial charge in [-0.25, -0.2) is 0 Å². The molecular weight excluding hydrogens is 288 g/mol. The summed E-state index contributed by atoms with van der Waals surface area (Å²) in [7, 11) is -3.87. The molecule has 4 nitrogen and oxygen atoms in total. The number of rotatable bonds is 3. The Morgan fingerprint density at radius 3 is 2.43 bits per heavy atom. The predicted molar refractivity (Wildman–Crippen MR) is 78.3 cm³/mol. The third-order valence-corrected chi connectivity index (χ3v) is 5.06. The van der Waals surface area contributed by atoms with Gasteiger partial charge in [0.05, 0.1) is 4.90 Å². The minimum absolute atomic E-state index is 0.108. The van der Waals surface area contributed by atoms with Gasteiger partial charge in [0, 0.05) is 6.42 Å². The Balaban J connectivity index is 1.83. The summed E-state index contributed by atoms with van der Waals surface area (Å²) in [5, 5.41) is 10.2. The molecule has 0 aromatic heterocycles. The van der Waals surface area contributed by atoms with E-state index in [0.717, 1.165) is 16.7 Å². The molecule has 0 fully saturated rings. The molecule has 0 aliphatic heterocycles. The van der Waals surface area contributed by atoms with Crippen molar-refractivity contribution in [1.82, 2.24) is 0 Å². The van der Waals surface area contributed by atoms with Crippen LogP contribution in [0.5, 0.6) is 0 Å². The maximum absolute atomic E-state index is 12.3. The van der Waals surface area contributed by atoms with Gasteiger partial charge in [-0.2, -0.15) is 8.42 Å². The van der Waals surface area contributed by atoms with Crippen molar-refractivity contribution in [3.63, 3.8) is 0 Å². The second-order valence-electron chi connectivity index (χ2n) is 5.25. The lowest BCUT2D eigenvalue weighted by molar-refractivity contribution is 0.0535. The van der Waals surface area contributed by atoms with Gasteiger partial charge >= 0.3 is 0 Å². The third-order valence-electron chi connectivity index (χ3n) is 3.71. The molecule has 5 heteroatoms. The minimum atomic E-state index is -3.87. The predicted octanol–water partition coefficient (Wildman–Crippen LogP) is 2.36. The summed E-state index contributed by atoms with van der Waals surface area (Å²) in [5.41, 5.74) is 2.64. The zero-order chi connectivity index (χ0) is 15.0. The summed E-state index contributed by atoms with van der Waals surface area (Å²) >= 11 is 0. The average Bonchev–Trinajstić information content (AvgIpc) is 2.76. The highest BCUT2D eigenvalue weighted by atomic mass is 32.2. The first-order valence-corrected chi connectivity index (χ1v) is 8.14. The normalized spacial score (nSPS) is 21.2. The Labute approximate surface area is 124 Å². The van der Waals surface area contributed by atoms with Gasteiger partial charge in [0.2, 0.25) is 0 Å². The van der Waals surface area contributed by atoms with E-state index in [1.165, 1.54) is 12.1 Å². The minimum Gasteiger partial charge on any atom is -0.386 e. The highest BCUT2D eigenvalue weighted by Gasteiger charge is 2.35. The Bertz CT molecular complexity index is 750. The number of aliphatic hydroxyl groups excluding tert-OH is 1. The molecule has 2 aromatic carbocycles. The van der Waals surface area contributed by atoms with Crippen LogP contribution in [0.1, 0.15) is 22.8 Å². The van der Waals surface area contributed by atoms with Gasteiger partial charge in [0.1, 0.15) is 12.2 Å². The smallest absolute Gasteiger partial charge is 0.297 e. The maximum atomic E-state index is 12.3. The van der Waals surface area contributed by atoms with E-state index in [9.17, 15) is 13.5 Å². The monoisotopic (exact) mass is 304 g/mol. The van der Waals surface area contributed by atoms with Crippen LogP contribution in [0.2, 0.25) is 0 Å². The molecule has 0 saturated carbocycles. The molecule has 1 N–H and O–H groups in total. The fourth-order valence-corrected chi connectivity index (χ4v) is 3.63. The summed E-state index contributed by atoms with van der Waals surface area (Å²) < 4.78 is 29.8. The first kappa shape index (κ1) is 14.3. The summed E-state index contributed by atoms with van der Waals surface area (Å²) in [4.78, 5) is 0.108. The quantitative estimate of drug-likeness (QED) is 0.884. The van der Waals surface area contributed by atoms with Crippen molar-refractivity contribution >= 4 is 10.1 Å². The van der Waals surface area contributed by atoms with Crippen LogP contribution in [-0.4, -0.2) is 19.6 Å². The standard InChI is InChI=1S/C16H16O4S/c1-11-6-8-13(9-7-11)21(18,19)20-15-10-12-4-2-3-5-14(12)16(15)17/h2-9,15-17H,10H2,1H3/t15-,16+/m1/s1. The van der Waals surface area contributed by atoms with E-state index < -0.39 is 22.3 Å². The summed E-state index contributed by atoms with van der Waals surface area (Å²) in [6.45, 7) is 1.88. The first-order valence-electron chi connectivity index (χ1n) is 6.73. The Kier molecular flexibility index (Phi) is 3.57. The zero-order valence-corrected chi connectivity index (χ0v) is 12.4. The lowest BCUT2D eigenvalue weighted by Gasteiger charge is -2.16. The number of fused-ring (bicyclic) bond motifs is 1. The number of hydrogen-bond donors (Lipinski definition) is 1. The van der Waals surface area contributed by atoms with Crippen LogP contribution in [-0.2, 0) is 20.7 Å². The van der Waals surface area contributed by atoms with Crippen molar-refractivity contribution < 1.29 is 17.7 Å². The number of hydrogen-bond acceptors (Lipinski definition) is 4. The van der Waals surface area contributed by atoms with Gasteiger partial charge in [-0.15, -0.1) is 0 Å². The highest BCUT2D eigenvalue weighted by molar-refractivity contribution is 7.86. The molecule has 0 amide bonds. The van der Waals surface area contributed by atoms with Crippen molar-refractivity contribution in [3.8, 4) is 0 Å². The van der Waals surface area contributed by atoms with E-state index in [-0.39, 0.29) is 4.90 Å². The van der Waals surface area contributed by atoms with Crippen LogP contribution in [0, 0.1) is 6.92 Å². The van der Waals surface area contributed by atoms with Crippen molar-refractivity contribution in [2.45, 2.75) is 30.4 Å². The van der Waals surface area contributed by atoms with Crippen LogP contribution < -0.4 is 0 Å². The van der Waals surface area contributed by atoms with Crippen LogP contribution in [0.3, 0.4) is 0 Å². The van der Waals surface area contributed by atoms with E-state index in [1.54, 1.807) is 18.2 Å². The summed E-state index contributed by atoms with van der Waals surface area (Å²) in [6.07, 6.45) is -1.29. The number of aliphatic hydroxyl groups is 1. The van der Waals surface area contributed by atoms with Crippen LogP contribution in [0.25, 0.3) is 0 Å². The Morgan fingerprint density at radius 1 is 1.10 bits per heavy atom. The molecule has 1 aliphatic rings. The fourth-order valence-electron chi connectivity index (χ4n) is 2.55. The zero-order valence-electron chi connectivity index (χ0n) is 11.6. The highest BCUT2D eigenvalue weighted by Crippen LogP contribution is 2.34. The molecule has 110 valence electrons. The summed E-state index contributed by atoms with van der Waals surface area (Å²) in [6, 6.07) is 13.8. The van der Waals surface area contributed by atoms with E-state index in [1.807, 2.05) is 25.1 Å². The molecule has 0 radical (unpaired) electrons. The molecule has 0 bridgehead atoms. The molecule has 21 heavy (non-hydrogen) atoms. The fraction of sp³-hybridized carbons (Fsp3) is 0.250. The van der Waals surface area contributed by atoms with Gasteiger partial charge < -0.3 is 5.11 Å². The molecule has 2 aromatic rings. The van der Waals surface area contributed by atoms with E-state index >= 15 is 0 Å². The van der Waals surface area contributed by atoms with Gasteiger partial charge in [0.25, 0.3) is 10.1 Å². The van der Waals surface area contributed by atoms with Gasteiger partial charge in [-0.3, -0.25) is 4.18 Å². The maximum Gasteiger partial charge on any atom is 0.297 e. The molecule has 1 aliphatic carbocycles. The second-order valence-corrected chi connectivity index (χ2v) is 6.82. The number of aryl methyl sites for hydroxylation is 1. The third kappa shape index (κ3) is 2.72. The molecule has 0 spiro atoms. The number of benzene rings is 2. The molecule has 2 atom stereocenters. The van der Waals surface area contributed by atoms with Crippen molar-refractivity contribution in [1.29, 1.82) is 0 Å². The van der Waals surface area contributed by atoms with E-state index in [0.29, 0.717) is 6.42 Å². The van der Waals surface area contributed by atoms with Gasteiger partial charge in [0.15, 0.2) is 0 Å². The van der Waals surface area contributed by atoms with Crippen molar-refractivity contribution in [2.24, 2.45) is 0 Å². The molecule has 0 saturated heterocycles. The summed E-state index contributed by atoms with van der Waals surface area (Å²) in [5.74, 6) is 0. The first-order chi connectivity index (χ1) is 9.97. The van der Waals surface area contributed by atoms with Gasteiger partial charge in [-0.05, 0) is 30.2 Å². The average molecular weight is 304 g/mol. The molecular formula is C16H16O4S. The van der Waals surface area contributed by atoms with Crippen molar-refractivity contribution in [3.05, 3.63) is 65.2 Å². The Hall–Kier alpha value is -1.69. The molecule has 0 heterocycles. The van der Waals surface area contributed by atoms with E-state index in [4.69, 9.17) is 4.18 Å². The lowest BCUT2D eigenvalue weighted by atomic mass is 10.1. The largest absolute Gasteiger partial charge is 0.386 e. The lowest BCUT2D eigenvalue weighted by Crippen LogP contribution is -2.22.